The van der Waals surface area contributed by atoms with Gasteiger partial charge in [-0.3, -0.25) is 9.69 Å². The van der Waals surface area contributed by atoms with Crippen molar-refractivity contribution in [2.75, 3.05) is 4.90 Å². The number of rotatable bonds is 3. The first-order chi connectivity index (χ1) is 7.43. The second-order valence-electron chi connectivity index (χ2n) is 3.38. The highest BCUT2D eigenvalue weighted by molar-refractivity contribution is 6.30. The maximum Gasteiger partial charge on any atom is 0.326 e. The van der Waals surface area contributed by atoms with Crippen LogP contribution in [-0.2, 0) is 9.59 Å². The van der Waals surface area contributed by atoms with E-state index in [1.807, 2.05) is 0 Å². The summed E-state index contributed by atoms with van der Waals surface area (Å²) in [5, 5.41) is 9.43. The molecule has 0 saturated carbocycles. The van der Waals surface area contributed by atoms with Crippen molar-refractivity contribution in [3.63, 3.8) is 0 Å². The number of benzene rings is 1. The number of anilines is 1. The smallest absolute Gasteiger partial charge is 0.326 e. The highest BCUT2D eigenvalue weighted by Crippen LogP contribution is 2.20. The molecule has 0 aliphatic carbocycles. The number of nitrogens with zero attached hydrogens (tertiary/aromatic N) is 1. The summed E-state index contributed by atoms with van der Waals surface area (Å²) in [6.45, 7) is 2.78. The Labute approximate surface area is 98.4 Å². The average molecular weight is 242 g/mol. The van der Waals surface area contributed by atoms with E-state index in [2.05, 4.69) is 0 Å². The zero-order chi connectivity index (χ0) is 12.3. The van der Waals surface area contributed by atoms with Gasteiger partial charge < -0.3 is 5.11 Å². The summed E-state index contributed by atoms with van der Waals surface area (Å²) in [4.78, 5) is 23.5. The van der Waals surface area contributed by atoms with Gasteiger partial charge in [-0.15, -0.1) is 0 Å². The number of carbonyl (C=O) groups is 2. The van der Waals surface area contributed by atoms with Crippen LogP contribution in [0.3, 0.4) is 0 Å². The molecule has 1 amide bonds. The van der Waals surface area contributed by atoms with E-state index in [1.54, 1.807) is 24.3 Å². The zero-order valence-electron chi connectivity index (χ0n) is 8.98. The Bertz CT molecular complexity index is 402. The second kappa shape index (κ2) is 4.99. The predicted molar refractivity (Wildman–Crippen MR) is 61.7 cm³/mol. The second-order valence-corrected chi connectivity index (χ2v) is 3.82. The van der Waals surface area contributed by atoms with E-state index >= 15 is 0 Å². The van der Waals surface area contributed by atoms with Crippen molar-refractivity contribution < 1.29 is 14.7 Å². The van der Waals surface area contributed by atoms with Crippen LogP contribution in [0.2, 0.25) is 5.02 Å². The molecule has 0 bridgehead atoms. The van der Waals surface area contributed by atoms with E-state index in [9.17, 15) is 9.59 Å². The SMILES string of the molecule is CC(=O)N(c1ccc(Cl)cc1)[C@@H](C)C(=O)O. The maximum absolute atomic E-state index is 11.4. The molecule has 0 unspecified atom stereocenters. The third-order valence-corrected chi connectivity index (χ3v) is 2.44. The number of aliphatic carboxylic acids is 1. The Morgan fingerprint density at radius 2 is 1.81 bits per heavy atom. The predicted octanol–water partition coefficient (Wildman–Crippen LogP) is 2.17. The molecule has 0 aliphatic heterocycles. The average Bonchev–Trinajstić information content (AvgIpc) is 2.20. The molecule has 16 heavy (non-hydrogen) atoms. The topological polar surface area (TPSA) is 57.6 Å². The molecule has 0 heterocycles. The molecule has 86 valence electrons. The minimum atomic E-state index is -1.05. The highest BCUT2D eigenvalue weighted by Gasteiger charge is 2.24. The molecule has 0 fully saturated rings. The molecule has 1 N–H and O–H groups in total. The Morgan fingerprint density at radius 1 is 1.31 bits per heavy atom. The highest BCUT2D eigenvalue weighted by atomic mass is 35.5. The van der Waals surface area contributed by atoms with Crippen LogP contribution in [0.15, 0.2) is 24.3 Å². The summed E-state index contributed by atoms with van der Waals surface area (Å²) in [5.74, 6) is -1.37. The van der Waals surface area contributed by atoms with Gasteiger partial charge in [-0.2, -0.15) is 0 Å². The minimum absolute atomic E-state index is 0.322. The number of halogens is 1. The quantitative estimate of drug-likeness (QED) is 0.882. The lowest BCUT2D eigenvalue weighted by molar-refractivity contribution is -0.139. The normalized spacial score (nSPS) is 11.9. The number of carboxylic acid groups (broad SMARTS) is 1. The summed E-state index contributed by atoms with van der Waals surface area (Å²) in [6.07, 6.45) is 0. The molecule has 4 nitrogen and oxygen atoms in total. The summed E-state index contributed by atoms with van der Waals surface area (Å²) in [6, 6.07) is 5.55. The van der Waals surface area contributed by atoms with Crippen molar-refractivity contribution in [1.29, 1.82) is 0 Å². The van der Waals surface area contributed by atoms with E-state index in [0.29, 0.717) is 10.7 Å². The molecule has 1 aromatic rings. The van der Waals surface area contributed by atoms with Gasteiger partial charge in [-0.1, -0.05) is 11.6 Å². The summed E-state index contributed by atoms with van der Waals surface area (Å²) < 4.78 is 0. The molecular weight excluding hydrogens is 230 g/mol. The van der Waals surface area contributed by atoms with Gasteiger partial charge in [0.25, 0.3) is 0 Å². The first kappa shape index (κ1) is 12.5. The Morgan fingerprint density at radius 3 is 2.19 bits per heavy atom. The largest absolute Gasteiger partial charge is 0.480 e. The molecule has 0 radical (unpaired) electrons. The monoisotopic (exact) mass is 241 g/mol. The van der Waals surface area contributed by atoms with E-state index < -0.39 is 12.0 Å². The van der Waals surface area contributed by atoms with Gasteiger partial charge in [0.1, 0.15) is 6.04 Å². The first-order valence-corrected chi connectivity index (χ1v) is 5.09. The van der Waals surface area contributed by atoms with Crippen molar-refractivity contribution in [2.45, 2.75) is 19.9 Å². The van der Waals surface area contributed by atoms with E-state index in [1.165, 1.54) is 18.7 Å². The zero-order valence-corrected chi connectivity index (χ0v) is 9.73. The molecule has 0 aromatic heterocycles. The fourth-order valence-corrected chi connectivity index (χ4v) is 1.52. The van der Waals surface area contributed by atoms with Crippen LogP contribution in [0.5, 0.6) is 0 Å². The van der Waals surface area contributed by atoms with Crippen LogP contribution in [0.25, 0.3) is 0 Å². The van der Waals surface area contributed by atoms with Gasteiger partial charge >= 0.3 is 5.97 Å². The van der Waals surface area contributed by atoms with Crippen LogP contribution in [0, 0.1) is 0 Å². The summed E-state index contributed by atoms with van der Waals surface area (Å²) >= 11 is 5.72. The molecule has 1 rings (SSSR count). The van der Waals surface area contributed by atoms with Crippen LogP contribution in [-0.4, -0.2) is 23.0 Å². The first-order valence-electron chi connectivity index (χ1n) is 4.71. The van der Waals surface area contributed by atoms with Crippen molar-refractivity contribution in [2.24, 2.45) is 0 Å². The molecule has 0 aliphatic rings. The van der Waals surface area contributed by atoms with Crippen LogP contribution in [0.1, 0.15) is 13.8 Å². The van der Waals surface area contributed by atoms with E-state index in [4.69, 9.17) is 16.7 Å². The number of carbonyl (C=O) groups excluding carboxylic acids is 1. The van der Waals surface area contributed by atoms with Crippen molar-refractivity contribution in [3.05, 3.63) is 29.3 Å². The van der Waals surface area contributed by atoms with Crippen molar-refractivity contribution in [3.8, 4) is 0 Å². The van der Waals surface area contributed by atoms with Gasteiger partial charge in [0.05, 0.1) is 0 Å². The van der Waals surface area contributed by atoms with E-state index in [0.717, 1.165) is 0 Å². The molecular formula is C11H12ClNO3. The Kier molecular flexibility index (Phi) is 3.90. The van der Waals surface area contributed by atoms with Gasteiger partial charge in [0.15, 0.2) is 0 Å². The fourth-order valence-electron chi connectivity index (χ4n) is 1.39. The van der Waals surface area contributed by atoms with Gasteiger partial charge in [0.2, 0.25) is 5.91 Å². The third-order valence-electron chi connectivity index (χ3n) is 2.19. The number of amides is 1. The molecule has 5 heteroatoms. The van der Waals surface area contributed by atoms with Gasteiger partial charge in [-0.25, -0.2) is 4.79 Å². The minimum Gasteiger partial charge on any atom is -0.480 e. The standard InChI is InChI=1S/C11H12ClNO3/c1-7(11(15)16)13(8(2)14)10-5-3-9(12)4-6-10/h3-7H,1-2H3,(H,15,16)/t7-/m0/s1. The molecule has 0 spiro atoms. The van der Waals surface area contributed by atoms with Crippen LogP contribution >= 0.6 is 11.6 Å². The Balaban J connectivity index is 3.07. The van der Waals surface area contributed by atoms with E-state index in [-0.39, 0.29) is 5.91 Å². The molecule has 1 atom stereocenters. The van der Waals surface area contributed by atoms with Crippen molar-refractivity contribution >= 4 is 29.2 Å². The third kappa shape index (κ3) is 2.73. The van der Waals surface area contributed by atoms with Gasteiger partial charge in [-0.05, 0) is 31.2 Å². The van der Waals surface area contributed by atoms with Crippen LogP contribution < -0.4 is 4.90 Å². The fraction of sp³-hybridized carbons (Fsp3) is 0.273. The maximum atomic E-state index is 11.4. The lowest BCUT2D eigenvalue weighted by Gasteiger charge is -2.25. The lowest BCUT2D eigenvalue weighted by atomic mass is 10.2. The number of carboxylic acids is 1. The van der Waals surface area contributed by atoms with Crippen LogP contribution in [0.4, 0.5) is 5.69 Å². The van der Waals surface area contributed by atoms with Gasteiger partial charge in [0, 0.05) is 17.6 Å². The lowest BCUT2D eigenvalue weighted by Crippen LogP contribution is -2.42. The summed E-state index contributed by atoms with van der Waals surface area (Å²) in [7, 11) is 0. The Hall–Kier alpha value is -1.55. The van der Waals surface area contributed by atoms with Crippen molar-refractivity contribution in [1.82, 2.24) is 0 Å². The molecule has 1 aromatic carbocycles. The number of hydrogen-bond donors (Lipinski definition) is 1. The molecule has 0 saturated heterocycles. The summed E-state index contributed by atoms with van der Waals surface area (Å²) in [5.41, 5.74) is 0.520. The number of hydrogen-bond acceptors (Lipinski definition) is 2.